The Hall–Kier alpha value is -2.85. The van der Waals surface area contributed by atoms with Crippen LogP contribution in [0.1, 0.15) is 29.3 Å². The van der Waals surface area contributed by atoms with Crippen LogP contribution in [-0.4, -0.2) is 11.6 Å². The molecule has 0 spiro atoms. The number of nitrogens with one attached hydrogen (secondary N) is 1. The number of benzene rings is 2. The van der Waals surface area contributed by atoms with E-state index in [1.165, 1.54) is 11.1 Å². The van der Waals surface area contributed by atoms with Crippen molar-refractivity contribution in [3.63, 3.8) is 0 Å². The molecule has 132 valence electrons. The fourth-order valence-corrected chi connectivity index (χ4v) is 3.18. The first-order valence-electron chi connectivity index (χ1n) is 8.95. The molecule has 1 aliphatic rings. The molecule has 0 saturated carbocycles. The van der Waals surface area contributed by atoms with Gasteiger partial charge in [-0.15, -0.1) is 0 Å². The summed E-state index contributed by atoms with van der Waals surface area (Å²) < 4.78 is 11.6. The van der Waals surface area contributed by atoms with Gasteiger partial charge in [0.15, 0.2) is 0 Å². The lowest BCUT2D eigenvalue weighted by atomic mass is 10.0. The van der Waals surface area contributed by atoms with Crippen molar-refractivity contribution in [2.75, 3.05) is 6.61 Å². The summed E-state index contributed by atoms with van der Waals surface area (Å²) >= 11 is 0. The molecule has 0 bridgehead atoms. The maximum atomic E-state index is 5.87. The maximum Gasteiger partial charge on any atom is 0.130 e. The van der Waals surface area contributed by atoms with Crippen molar-refractivity contribution in [2.45, 2.75) is 25.6 Å². The van der Waals surface area contributed by atoms with Crippen molar-refractivity contribution in [3.05, 3.63) is 89.7 Å². The van der Waals surface area contributed by atoms with Crippen molar-refractivity contribution in [1.29, 1.82) is 0 Å². The standard InChI is InChI=1S/C22H22N2O2/c1-2-10-22-20(9-1)21(11-13-25-22)24-15-17-6-5-8-19(14-17)26-16-18-7-3-4-12-23-18/h1-10,12,14,21,24H,11,13,15-16H2. The SMILES string of the molecule is c1ccc(COc2cccc(CNC3CCOc4ccccc43)c2)nc1. The third-order valence-electron chi connectivity index (χ3n) is 4.52. The molecule has 4 rings (SSSR count). The van der Waals surface area contributed by atoms with E-state index in [9.17, 15) is 0 Å². The van der Waals surface area contributed by atoms with Gasteiger partial charge in [-0.25, -0.2) is 0 Å². The third kappa shape index (κ3) is 4.03. The first-order chi connectivity index (χ1) is 12.9. The molecular weight excluding hydrogens is 324 g/mol. The zero-order valence-corrected chi connectivity index (χ0v) is 14.6. The van der Waals surface area contributed by atoms with Gasteiger partial charge in [-0.3, -0.25) is 4.98 Å². The van der Waals surface area contributed by atoms with E-state index in [1.54, 1.807) is 6.20 Å². The molecule has 1 aromatic heterocycles. The van der Waals surface area contributed by atoms with Gasteiger partial charge in [-0.2, -0.15) is 0 Å². The minimum absolute atomic E-state index is 0.318. The number of ether oxygens (including phenoxy) is 2. The Kier molecular flexibility index (Phi) is 5.12. The molecule has 26 heavy (non-hydrogen) atoms. The molecule has 0 aliphatic carbocycles. The van der Waals surface area contributed by atoms with E-state index in [0.717, 1.165) is 36.8 Å². The molecule has 3 aromatic rings. The smallest absolute Gasteiger partial charge is 0.130 e. The molecule has 0 radical (unpaired) electrons. The number of pyridine rings is 1. The molecule has 0 amide bonds. The number of rotatable bonds is 6. The van der Waals surface area contributed by atoms with Gasteiger partial charge in [0, 0.05) is 30.8 Å². The lowest BCUT2D eigenvalue weighted by molar-refractivity contribution is 0.252. The molecule has 0 fully saturated rings. The van der Waals surface area contributed by atoms with Crippen molar-refractivity contribution in [1.82, 2.24) is 10.3 Å². The average Bonchev–Trinajstić information content (AvgIpc) is 2.72. The Balaban J connectivity index is 1.37. The molecule has 2 heterocycles. The number of para-hydroxylation sites is 1. The van der Waals surface area contributed by atoms with Crippen LogP contribution in [0.15, 0.2) is 72.9 Å². The topological polar surface area (TPSA) is 43.4 Å². The molecule has 1 N–H and O–H groups in total. The van der Waals surface area contributed by atoms with Gasteiger partial charge in [-0.1, -0.05) is 36.4 Å². The van der Waals surface area contributed by atoms with Gasteiger partial charge in [0.2, 0.25) is 0 Å². The van der Waals surface area contributed by atoms with Crippen LogP contribution < -0.4 is 14.8 Å². The van der Waals surface area contributed by atoms with E-state index in [0.29, 0.717) is 12.6 Å². The van der Waals surface area contributed by atoms with Gasteiger partial charge >= 0.3 is 0 Å². The highest BCUT2D eigenvalue weighted by Gasteiger charge is 2.20. The van der Waals surface area contributed by atoms with E-state index in [4.69, 9.17) is 9.47 Å². The summed E-state index contributed by atoms with van der Waals surface area (Å²) in [5, 5.41) is 3.65. The second-order valence-electron chi connectivity index (χ2n) is 6.37. The summed E-state index contributed by atoms with van der Waals surface area (Å²) in [7, 11) is 0. The summed E-state index contributed by atoms with van der Waals surface area (Å²) in [6.07, 6.45) is 2.76. The van der Waals surface area contributed by atoms with Crippen molar-refractivity contribution in [3.8, 4) is 11.5 Å². The Labute approximate surface area is 153 Å². The van der Waals surface area contributed by atoms with Crippen LogP contribution in [0.5, 0.6) is 11.5 Å². The highest BCUT2D eigenvalue weighted by atomic mass is 16.5. The minimum atomic E-state index is 0.318. The average molecular weight is 346 g/mol. The van der Waals surface area contributed by atoms with Crippen molar-refractivity contribution < 1.29 is 9.47 Å². The van der Waals surface area contributed by atoms with Crippen molar-refractivity contribution in [2.24, 2.45) is 0 Å². The highest BCUT2D eigenvalue weighted by molar-refractivity contribution is 5.37. The molecule has 1 aliphatic heterocycles. The van der Waals surface area contributed by atoms with Gasteiger partial charge in [0.1, 0.15) is 18.1 Å². The van der Waals surface area contributed by atoms with Crippen LogP contribution in [0.2, 0.25) is 0 Å². The van der Waals surface area contributed by atoms with Crippen LogP contribution in [0.3, 0.4) is 0 Å². The molecular formula is C22H22N2O2. The fourth-order valence-electron chi connectivity index (χ4n) is 3.18. The molecule has 4 heteroatoms. The predicted molar refractivity (Wildman–Crippen MR) is 101 cm³/mol. The van der Waals surface area contributed by atoms with Crippen molar-refractivity contribution >= 4 is 0 Å². The summed E-state index contributed by atoms with van der Waals surface area (Å²) in [4.78, 5) is 4.29. The predicted octanol–water partition coefficient (Wildman–Crippen LogP) is 4.27. The number of aromatic nitrogens is 1. The Morgan fingerprint density at radius 1 is 1.04 bits per heavy atom. The largest absolute Gasteiger partial charge is 0.493 e. The van der Waals surface area contributed by atoms with Crippen LogP contribution >= 0.6 is 0 Å². The molecule has 1 atom stereocenters. The van der Waals surface area contributed by atoms with Crippen LogP contribution in [0.4, 0.5) is 0 Å². The first-order valence-corrected chi connectivity index (χ1v) is 8.95. The zero-order chi connectivity index (χ0) is 17.6. The second kappa shape index (κ2) is 8.02. The molecule has 4 nitrogen and oxygen atoms in total. The lowest BCUT2D eigenvalue weighted by Gasteiger charge is -2.26. The monoisotopic (exact) mass is 346 g/mol. The summed E-state index contributed by atoms with van der Waals surface area (Å²) in [5.74, 6) is 1.85. The molecule has 2 aromatic carbocycles. The lowest BCUT2D eigenvalue weighted by Crippen LogP contribution is -2.26. The maximum absolute atomic E-state index is 5.87. The van der Waals surface area contributed by atoms with E-state index in [-0.39, 0.29) is 0 Å². The Morgan fingerprint density at radius 3 is 2.88 bits per heavy atom. The third-order valence-corrected chi connectivity index (χ3v) is 4.52. The van der Waals surface area contributed by atoms with Crippen LogP contribution in [-0.2, 0) is 13.2 Å². The van der Waals surface area contributed by atoms with Gasteiger partial charge in [0.05, 0.1) is 12.3 Å². The van der Waals surface area contributed by atoms with E-state index in [1.807, 2.05) is 42.5 Å². The van der Waals surface area contributed by atoms with Gasteiger partial charge < -0.3 is 14.8 Å². The molecule has 0 saturated heterocycles. The normalized spacial score (nSPS) is 15.8. The second-order valence-corrected chi connectivity index (χ2v) is 6.37. The Morgan fingerprint density at radius 2 is 1.96 bits per heavy atom. The number of fused-ring (bicyclic) bond motifs is 1. The summed E-state index contributed by atoms with van der Waals surface area (Å²) in [6.45, 7) is 2.02. The zero-order valence-electron chi connectivity index (χ0n) is 14.6. The van der Waals surface area contributed by atoms with E-state index >= 15 is 0 Å². The highest BCUT2D eigenvalue weighted by Crippen LogP contribution is 2.31. The summed E-state index contributed by atoms with van der Waals surface area (Å²) in [6, 6.07) is 22.6. The van der Waals surface area contributed by atoms with Gasteiger partial charge in [-0.05, 0) is 35.9 Å². The first kappa shape index (κ1) is 16.6. The number of hydrogen-bond donors (Lipinski definition) is 1. The van der Waals surface area contributed by atoms with Gasteiger partial charge in [0.25, 0.3) is 0 Å². The number of hydrogen-bond acceptors (Lipinski definition) is 4. The van der Waals surface area contributed by atoms with E-state index in [2.05, 4.69) is 34.6 Å². The fraction of sp³-hybridized carbons (Fsp3) is 0.227. The van der Waals surface area contributed by atoms with Crippen LogP contribution in [0, 0.1) is 0 Å². The number of nitrogens with zero attached hydrogens (tertiary/aromatic N) is 1. The molecule has 1 unspecified atom stereocenters. The van der Waals surface area contributed by atoms with E-state index < -0.39 is 0 Å². The Bertz CT molecular complexity index is 852. The van der Waals surface area contributed by atoms with Crippen LogP contribution in [0.25, 0.3) is 0 Å². The quantitative estimate of drug-likeness (QED) is 0.724. The minimum Gasteiger partial charge on any atom is -0.493 e. The summed E-state index contributed by atoms with van der Waals surface area (Å²) in [5.41, 5.74) is 3.36.